The van der Waals surface area contributed by atoms with Gasteiger partial charge in [0, 0.05) is 17.4 Å². The molecule has 1 unspecified atom stereocenters. The van der Waals surface area contributed by atoms with Crippen LogP contribution in [0.15, 0.2) is 52.9 Å². The highest BCUT2D eigenvalue weighted by Crippen LogP contribution is 2.43. The monoisotopic (exact) mass is 399 g/mol. The van der Waals surface area contributed by atoms with Crippen LogP contribution in [-0.4, -0.2) is 35.6 Å². The average Bonchev–Trinajstić information content (AvgIpc) is 2.65. The second-order valence-corrected chi connectivity index (χ2v) is 7.90. The Morgan fingerprint density at radius 1 is 0.966 bits per heavy atom. The summed E-state index contributed by atoms with van der Waals surface area (Å²) in [4.78, 5) is 28.3. The van der Waals surface area contributed by atoms with Crippen molar-refractivity contribution in [2.45, 2.75) is 73.0 Å². The molecular formula is C24H33NO4. The number of benzene rings is 1. The Balaban J connectivity index is 2.73. The number of hydrogen-bond donors (Lipinski definition) is 0. The van der Waals surface area contributed by atoms with Gasteiger partial charge < -0.3 is 14.4 Å². The second kappa shape index (κ2) is 9.77. The molecule has 0 N–H and O–H groups in total. The fourth-order valence-corrected chi connectivity index (χ4v) is 3.91. The number of nitrogens with zero attached hydrogens (tertiary/aromatic N) is 1. The van der Waals surface area contributed by atoms with E-state index < -0.39 is 11.9 Å². The zero-order valence-electron chi connectivity index (χ0n) is 18.6. The van der Waals surface area contributed by atoms with Crippen LogP contribution in [-0.2, 0) is 19.1 Å². The number of carbonyl (C=O) groups excluding carboxylic acids is 2. The minimum Gasteiger partial charge on any atom is -0.462 e. The predicted octanol–water partition coefficient (Wildman–Crippen LogP) is 4.95. The van der Waals surface area contributed by atoms with E-state index in [4.69, 9.17) is 9.47 Å². The summed E-state index contributed by atoms with van der Waals surface area (Å²) in [6.45, 7) is 13.9. The largest absolute Gasteiger partial charge is 0.462 e. The van der Waals surface area contributed by atoms with Crippen LogP contribution in [0.4, 0.5) is 0 Å². The molecule has 0 saturated heterocycles. The summed E-state index contributed by atoms with van der Waals surface area (Å²) < 4.78 is 11.1. The van der Waals surface area contributed by atoms with E-state index in [2.05, 4.69) is 0 Å². The van der Waals surface area contributed by atoms with Crippen molar-refractivity contribution in [3.63, 3.8) is 0 Å². The minimum absolute atomic E-state index is 0.0718. The van der Waals surface area contributed by atoms with Gasteiger partial charge in [-0.05, 0) is 53.5 Å². The molecule has 1 aliphatic rings. The summed E-state index contributed by atoms with van der Waals surface area (Å²) in [6.07, 6.45) is 0.480. The molecular weight excluding hydrogens is 366 g/mol. The van der Waals surface area contributed by atoms with Gasteiger partial charge in [-0.3, -0.25) is 0 Å². The molecule has 0 radical (unpaired) electrons. The molecule has 5 nitrogen and oxygen atoms in total. The molecule has 0 bridgehead atoms. The van der Waals surface area contributed by atoms with Crippen molar-refractivity contribution in [3.8, 4) is 0 Å². The summed E-state index contributed by atoms with van der Waals surface area (Å²) in [5.74, 6) is -1.31. The average molecular weight is 400 g/mol. The number of carbonyl (C=O) groups is 2. The van der Waals surface area contributed by atoms with Crippen LogP contribution in [0.1, 0.15) is 66.4 Å². The third-order valence-corrected chi connectivity index (χ3v) is 4.95. The van der Waals surface area contributed by atoms with Crippen molar-refractivity contribution in [1.82, 2.24) is 4.90 Å². The van der Waals surface area contributed by atoms with Gasteiger partial charge in [-0.1, -0.05) is 37.3 Å². The first kappa shape index (κ1) is 22.7. The number of esters is 2. The van der Waals surface area contributed by atoms with Gasteiger partial charge in [-0.25, -0.2) is 9.59 Å². The first-order chi connectivity index (χ1) is 13.7. The minimum atomic E-state index is -0.526. The van der Waals surface area contributed by atoms with E-state index in [0.717, 1.165) is 23.4 Å². The predicted molar refractivity (Wildman–Crippen MR) is 114 cm³/mol. The maximum Gasteiger partial charge on any atom is 0.337 e. The van der Waals surface area contributed by atoms with Gasteiger partial charge >= 0.3 is 11.9 Å². The molecule has 0 amide bonds. The highest BCUT2D eigenvalue weighted by molar-refractivity contribution is 6.00. The Bertz CT molecular complexity index is 805. The van der Waals surface area contributed by atoms with Gasteiger partial charge in [-0.15, -0.1) is 0 Å². The van der Waals surface area contributed by atoms with E-state index in [9.17, 15) is 9.59 Å². The number of hydrogen-bond acceptors (Lipinski definition) is 5. The lowest BCUT2D eigenvalue weighted by Gasteiger charge is -2.40. The second-order valence-electron chi connectivity index (χ2n) is 7.90. The van der Waals surface area contributed by atoms with Crippen molar-refractivity contribution in [2.24, 2.45) is 0 Å². The van der Waals surface area contributed by atoms with Crippen molar-refractivity contribution < 1.29 is 19.1 Å². The Kier molecular flexibility index (Phi) is 7.66. The van der Waals surface area contributed by atoms with Crippen molar-refractivity contribution in [3.05, 3.63) is 58.4 Å². The number of rotatable bonds is 7. The van der Waals surface area contributed by atoms with Crippen LogP contribution in [0, 0.1) is 0 Å². The molecule has 0 aromatic heterocycles. The summed E-state index contributed by atoms with van der Waals surface area (Å²) in [5.41, 5.74) is 3.48. The third-order valence-electron chi connectivity index (χ3n) is 4.95. The van der Waals surface area contributed by atoms with Gasteiger partial charge in [0.05, 0.1) is 29.8 Å². The van der Waals surface area contributed by atoms with E-state index in [1.807, 2.05) is 83.7 Å². The highest BCUT2D eigenvalue weighted by Gasteiger charge is 2.41. The van der Waals surface area contributed by atoms with Crippen molar-refractivity contribution in [2.75, 3.05) is 6.61 Å². The van der Waals surface area contributed by atoms with Gasteiger partial charge in [0.1, 0.15) is 0 Å². The van der Waals surface area contributed by atoms with E-state index in [0.29, 0.717) is 17.8 Å². The van der Waals surface area contributed by atoms with Gasteiger partial charge in [-0.2, -0.15) is 0 Å². The van der Waals surface area contributed by atoms with E-state index in [-0.39, 0.29) is 18.1 Å². The lowest BCUT2D eigenvalue weighted by Crippen LogP contribution is -2.38. The van der Waals surface area contributed by atoms with Crippen LogP contribution in [0.25, 0.3) is 0 Å². The molecule has 2 rings (SSSR count). The first-order valence-corrected chi connectivity index (χ1v) is 10.3. The molecule has 158 valence electrons. The molecule has 1 aromatic carbocycles. The maximum atomic E-state index is 13.2. The molecule has 1 aromatic rings. The molecule has 0 fully saturated rings. The Morgan fingerprint density at radius 3 is 2.00 bits per heavy atom. The van der Waals surface area contributed by atoms with E-state index in [1.54, 1.807) is 0 Å². The van der Waals surface area contributed by atoms with Crippen LogP contribution in [0.5, 0.6) is 0 Å². The van der Waals surface area contributed by atoms with Crippen LogP contribution < -0.4 is 0 Å². The van der Waals surface area contributed by atoms with Gasteiger partial charge in [0.15, 0.2) is 0 Å². The SMILES string of the molecule is CCCOC(=O)C1=C(C)N(C(C)C)C(C)=C(C(=O)OC(C)C)C1c1ccccc1. The molecule has 1 heterocycles. The molecule has 0 aliphatic carbocycles. The topological polar surface area (TPSA) is 55.8 Å². The fourth-order valence-electron chi connectivity index (χ4n) is 3.91. The van der Waals surface area contributed by atoms with E-state index >= 15 is 0 Å². The standard InChI is InChI=1S/C24H33NO4/c1-8-14-28-23(26)20-17(6)25(15(2)3)18(7)21(24(27)29-16(4)5)22(20)19-12-10-9-11-13-19/h9-13,15-16,22H,8,14H2,1-7H3. The Labute approximate surface area is 174 Å². The Hall–Kier alpha value is -2.56. The lowest BCUT2D eigenvalue weighted by molar-refractivity contribution is -0.143. The molecule has 0 spiro atoms. The highest BCUT2D eigenvalue weighted by atomic mass is 16.5. The van der Waals surface area contributed by atoms with Crippen molar-refractivity contribution in [1.29, 1.82) is 0 Å². The van der Waals surface area contributed by atoms with Crippen molar-refractivity contribution >= 4 is 11.9 Å². The summed E-state index contributed by atoms with van der Waals surface area (Å²) in [7, 11) is 0. The molecule has 1 atom stereocenters. The fraction of sp³-hybridized carbons (Fsp3) is 0.500. The van der Waals surface area contributed by atoms with Crippen LogP contribution in [0.3, 0.4) is 0 Å². The molecule has 1 aliphatic heterocycles. The maximum absolute atomic E-state index is 13.2. The van der Waals surface area contributed by atoms with Crippen LogP contribution in [0.2, 0.25) is 0 Å². The number of ether oxygens (including phenoxy) is 2. The Morgan fingerprint density at radius 2 is 1.52 bits per heavy atom. The smallest absolute Gasteiger partial charge is 0.337 e. The van der Waals surface area contributed by atoms with Crippen LogP contribution >= 0.6 is 0 Å². The molecule has 5 heteroatoms. The summed E-state index contributed by atoms with van der Waals surface area (Å²) in [5, 5.41) is 0. The third kappa shape index (κ3) is 4.89. The first-order valence-electron chi connectivity index (χ1n) is 10.3. The summed E-state index contributed by atoms with van der Waals surface area (Å²) in [6, 6.07) is 9.69. The molecule has 0 saturated carbocycles. The van der Waals surface area contributed by atoms with Gasteiger partial charge in [0.2, 0.25) is 0 Å². The lowest BCUT2D eigenvalue weighted by atomic mass is 9.79. The zero-order chi connectivity index (χ0) is 21.7. The zero-order valence-corrected chi connectivity index (χ0v) is 18.6. The van der Waals surface area contributed by atoms with E-state index in [1.165, 1.54) is 0 Å². The quantitative estimate of drug-likeness (QED) is 0.608. The molecule has 29 heavy (non-hydrogen) atoms. The normalized spacial score (nSPS) is 17.3. The van der Waals surface area contributed by atoms with Gasteiger partial charge in [0.25, 0.3) is 0 Å². The number of allylic oxidation sites excluding steroid dienone is 2. The summed E-state index contributed by atoms with van der Waals surface area (Å²) >= 11 is 0.